The molecule has 0 amide bonds. The number of hydrogen-bond donors (Lipinski definition) is 0. The summed E-state index contributed by atoms with van der Waals surface area (Å²) in [5.74, 6) is -0.321. The third kappa shape index (κ3) is 3.65. The molecule has 0 aromatic heterocycles. The molecule has 0 atom stereocenters. The SMILES string of the molecule is Fc1cc(CCCCBr)ccc1Cl. The maximum absolute atomic E-state index is 12.9. The third-order valence-electron chi connectivity index (χ3n) is 1.83. The lowest BCUT2D eigenvalue weighted by atomic mass is 10.1. The standard InChI is InChI=1S/C10H11BrClF/c11-6-2-1-3-8-4-5-9(12)10(13)7-8/h4-5,7H,1-3,6H2. The topological polar surface area (TPSA) is 0 Å². The quantitative estimate of drug-likeness (QED) is 0.565. The highest BCUT2D eigenvalue weighted by Crippen LogP contribution is 2.16. The lowest BCUT2D eigenvalue weighted by Crippen LogP contribution is -1.88. The van der Waals surface area contributed by atoms with Gasteiger partial charge in [-0.2, -0.15) is 0 Å². The van der Waals surface area contributed by atoms with Crippen molar-refractivity contribution in [3.05, 3.63) is 34.6 Å². The molecule has 0 aliphatic rings. The fourth-order valence-corrected chi connectivity index (χ4v) is 1.63. The molecule has 0 aliphatic heterocycles. The summed E-state index contributed by atoms with van der Waals surface area (Å²) in [5, 5.41) is 1.20. The molecule has 0 radical (unpaired) electrons. The number of alkyl halides is 1. The van der Waals surface area contributed by atoms with E-state index < -0.39 is 0 Å². The Morgan fingerprint density at radius 3 is 2.69 bits per heavy atom. The van der Waals surface area contributed by atoms with E-state index in [0.717, 1.165) is 30.2 Å². The van der Waals surface area contributed by atoms with Crippen LogP contribution in [-0.2, 0) is 6.42 Å². The smallest absolute Gasteiger partial charge is 0.142 e. The summed E-state index contributed by atoms with van der Waals surface area (Å²) < 4.78 is 12.9. The molecule has 0 fully saturated rings. The molecule has 0 aliphatic carbocycles. The Morgan fingerprint density at radius 2 is 2.08 bits per heavy atom. The number of benzene rings is 1. The molecule has 0 unspecified atom stereocenters. The fourth-order valence-electron chi connectivity index (χ4n) is 1.12. The molecule has 0 spiro atoms. The molecule has 13 heavy (non-hydrogen) atoms. The van der Waals surface area contributed by atoms with E-state index in [0.29, 0.717) is 0 Å². The van der Waals surface area contributed by atoms with Crippen LogP contribution in [0.1, 0.15) is 18.4 Å². The predicted octanol–water partition coefficient (Wildman–Crippen LogP) is 4.20. The van der Waals surface area contributed by atoms with Crippen molar-refractivity contribution in [3.8, 4) is 0 Å². The van der Waals surface area contributed by atoms with Crippen molar-refractivity contribution in [2.24, 2.45) is 0 Å². The van der Waals surface area contributed by atoms with Gasteiger partial charge in [0.1, 0.15) is 5.82 Å². The monoisotopic (exact) mass is 264 g/mol. The van der Waals surface area contributed by atoms with Crippen LogP contribution in [0.4, 0.5) is 4.39 Å². The second-order valence-corrected chi connectivity index (χ2v) is 4.09. The minimum absolute atomic E-state index is 0.198. The molecule has 1 aromatic rings. The summed E-state index contributed by atoms with van der Waals surface area (Å²) in [6, 6.07) is 5.00. The first-order valence-corrected chi connectivity index (χ1v) is 5.74. The molecular weight excluding hydrogens is 254 g/mol. The van der Waals surface area contributed by atoms with Crippen molar-refractivity contribution < 1.29 is 4.39 Å². The van der Waals surface area contributed by atoms with Gasteiger partial charge in [0.05, 0.1) is 5.02 Å². The number of aryl methyl sites for hydroxylation is 1. The average Bonchev–Trinajstić information content (AvgIpc) is 2.12. The van der Waals surface area contributed by atoms with E-state index in [1.54, 1.807) is 6.07 Å². The minimum Gasteiger partial charge on any atom is -0.205 e. The molecule has 3 heteroatoms. The van der Waals surface area contributed by atoms with Crippen molar-refractivity contribution in [2.45, 2.75) is 19.3 Å². The Morgan fingerprint density at radius 1 is 1.31 bits per heavy atom. The van der Waals surface area contributed by atoms with Crippen LogP contribution in [0.3, 0.4) is 0 Å². The summed E-state index contributed by atoms with van der Waals surface area (Å²) in [5.41, 5.74) is 1.02. The average molecular weight is 266 g/mol. The highest BCUT2D eigenvalue weighted by atomic mass is 79.9. The van der Waals surface area contributed by atoms with Crippen LogP contribution in [0.25, 0.3) is 0 Å². The van der Waals surface area contributed by atoms with E-state index in [1.165, 1.54) is 6.07 Å². The van der Waals surface area contributed by atoms with Crippen LogP contribution >= 0.6 is 27.5 Å². The van der Waals surface area contributed by atoms with Crippen LogP contribution in [0.15, 0.2) is 18.2 Å². The van der Waals surface area contributed by atoms with Crippen LogP contribution < -0.4 is 0 Å². The first kappa shape index (κ1) is 11.0. The fraction of sp³-hybridized carbons (Fsp3) is 0.400. The predicted molar refractivity (Wildman–Crippen MR) is 58.1 cm³/mol. The van der Waals surface area contributed by atoms with Gasteiger partial charge in [0.2, 0.25) is 0 Å². The summed E-state index contributed by atoms with van der Waals surface area (Å²) in [6.07, 6.45) is 3.11. The molecule has 0 saturated heterocycles. The Bertz CT molecular complexity index is 276. The lowest BCUT2D eigenvalue weighted by molar-refractivity contribution is 0.624. The number of hydrogen-bond acceptors (Lipinski definition) is 0. The lowest BCUT2D eigenvalue weighted by Gasteiger charge is -2.01. The van der Waals surface area contributed by atoms with Gasteiger partial charge >= 0.3 is 0 Å². The van der Waals surface area contributed by atoms with Gasteiger partial charge < -0.3 is 0 Å². The van der Waals surface area contributed by atoms with Crippen molar-refractivity contribution in [1.29, 1.82) is 0 Å². The largest absolute Gasteiger partial charge is 0.205 e. The molecule has 0 heterocycles. The maximum Gasteiger partial charge on any atom is 0.142 e. The number of unbranched alkanes of at least 4 members (excludes halogenated alkanes) is 1. The van der Waals surface area contributed by atoms with Crippen molar-refractivity contribution in [2.75, 3.05) is 5.33 Å². The normalized spacial score (nSPS) is 10.4. The van der Waals surface area contributed by atoms with Crippen LogP contribution in [0.2, 0.25) is 5.02 Å². The first-order chi connectivity index (χ1) is 6.24. The maximum atomic E-state index is 12.9. The first-order valence-electron chi connectivity index (χ1n) is 4.24. The van der Waals surface area contributed by atoms with E-state index in [4.69, 9.17) is 11.6 Å². The zero-order valence-electron chi connectivity index (χ0n) is 7.19. The summed E-state index contributed by atoms with van der Waals surface area (Å²) in [4.78, 5) is 0. The molecule has 0 bridgehead atoms. The van der Waals surface area contributed by atoms with Gasteiger partial charge in [-0.15, -0.1) is 0 Å². The minimum atomic E-state index is -0.321. The molecule has 1 rings (SSSR count). The molecule has 72 valence electrons. The Hall–Kier alpha value is -0.0800. The zero-order chi connectivity index (χ0) is 9.68. The van der Waals surface area contributed by atoms with E-state index in [2.05, 4.69) is 15.9 Å². The second-order valence-electron chi connectivity index (χ2n) is 2.89. The Labute approximate surface area is 91.2 Å². The van der Waals surface area contributed by atoms with Gasteiger partial charge in [-0.25, -0.2) is 4.39 Å². The van der Waals surface area contributed by atoms with E-state index >= 15 is 0 Å². The Kier molecular flexibility index (Phi) is 4.74. The number of halogens is 3. The second kappa shape index (κ2) is 5.61. The highest BCUT2D eigenvalue weighted by molar-refractivity contribution is 9.09. The summed E-state index contributed by atoms with van der Waals surface area (Å²) >= 11 is 8.91. The summed E-state index contributed by atoms with van der Waals surface area (Å²) in [6.45, 7) is 0. The van der Waals surface area contributed by atoms with Crippen LogP contribution in [-0.4, -0.2) is 5.33 Å². The molecule has 0 N–H and O–H groups in total. The molecule has 1 aromatic carbocycles. The molecule has 0 nitrogen and oxygen atoms in total. The van der Waals surface area contributed by atoms with Gasteiger partial charge in [0, 0.05) is 5.33 Å². The Balaban J connectivity index is 2.53. The van der Waals surface area contributed by atoms with E-state index in [-0.39, 0.29) is 10.8 Å². The van der Waals surface area contributed by atoms with Gasteiger partial charge in [-0.05, 0) is 37.0 Å². The van der Waals surface area contributed by atoms with Crippen LogP contribution in [0, 0.1) is 5.82 Å². The van der Waals surface area contributed by atoms with Gasteiger partial charge in [-0.3, -0.25) is 0 Å². The van der Waals surface area contributed by atoms with Gasteiger partial charge in [-0.1, -0.05) is 33.6 Å². The van der Waals surface area contributed by atoms with E-state index in [1.807, 2.05) is 6.07 Å². The summed E-state index contributed by atoms with van der Waals surface area (Å²) in [7, 11) is 0. The van der Waals surface area contributed by atoms with Crippen molar-refractivity contribution in [3.63, 3.8) is 0 Å². The van der Waals surface area contributed by atoms with E-state index in [9.17, 15) is 4.39 Å². The molecule has 0 saturated carbocycles. The molecular formula is C10H11BrClF. The van der Waals surface area contributed by atoms with Crippen molar-refractivity contribution in [1.82, 2.24) is 0 Å². The zero-order valence-corrected chi connectivity index (χ0v) is 9.54. The number of rotatable bonds is 4. The van der Waals surface area contributed by atoms with Crippen molar-refractivity contribution >= 4 is 27.5 Å². The highest BCUT2D eigenvalue weighted by Gasteiger charge is 2.00. The van der Waals surface area contributed by atoms with Gasteiger partial charge in [0.15, 0.2) is 0 Å². The third-order valence-corrected chi connectivity index (χ3v) is 2.70. The van der Waals surface area contributed by atoms with Gasteiger partial charge in [0.25, 0.3) is 0 Å². The van der Waals surface area contributed by atoms with Crippen LogP contribution in [0.5, 0.6) is 0 Å².